The zero-order chi connectivity index (χ0) is 24.0. The summed E-state index contributed by atoms with van der Waals surface area (Å²) < 4.78 is 16.5. The number of nitrogens with one attached hydrogen (secondary N) is 1. The summed E-state index contributed by atoms with van der Waals surface area (Å²) in [5.41, 5.74) is 0. The molecule has 176 valence electrons. The first-order valence-electron chi connectivity index (χ1n) is 10.7. The van der Waals surface area contributed by atoms with Crippen molar-refractivity contribution >= 4 is 34.7 Å². The van der Waals surface area contributed by atoms with Crippen LogP contribution in [-0.2, 0) is 23.2 Å². The number of alkyl carbamates (subject to hydrolysis) is 1. The lowest BCUT2D eigenvalue weighted by molar-refractivity contribution is -0.139. The Kier molecular flexibility index (Phi) is 10.3. The number of hydrogen-bond donors (Lipinski definition) is 1. The Labute approximate surface area is 184 Å². The van der Waals surface area contributed by atoms with Crippen LogP contribution in [0.5, 0.6) is 0 Å². The van der Waals surface area contributed by atoms with Gasteiger partial charge in [-0.05, 0) is 56.0 Å². The number of rotatable bonds is 9. The second-order valence-corrected chi connectivity index (χ2v) is 20.2. The fourth-order valence-corrected chi connectivity index (χ4v) is 3.91. The Morgan fingerprint density at radius 1 is 0.867 bits per heavy atom. The Balaban J connectivity index is 5.06. The minimum Gasteiger partial charge on any atom is -0.519 e. The van der Waals surface area contributed by atoms with Crippen molar-refractivity contribution in [3.8, 4) is 0 Å². The van der Waals surface area contributed by atoms with E-state index in [1.165, 1.54) is 0 Å². The van der Waals surface area contributed by atoms with Crippen LogP contribution >= 0.6 is 0 Å². The first-order valence-corrected chi connectivity index (χ1v) is 16.5. The second kappa shape index (κ2) is 10.8. The zero-order valence-corrected chi connectivity index (χ0v) is 22.9. The summed E-state index contributed by atoms with van der Waals surface area (Å²) >= 11 is 0. The summed E-state index contributed by atoms with van der Waals surface area (Å²) in [4.78, 5) is 37.0. The molecule has 0 aromatic rings. The summed E-state index contributed by atoms with van der Waals surface area (Å²) in [5.74, 6) is -0.748. The number of carbonyl (C=O) groups excluding carboxylic acids is 3. The van der Waals surface area contributed by atoms with Gasteiger partial charge in [0.25, 0.3) is 22.6 Å². The van der Waals surface area contributed by atoms with Crippen LogP contribution < -0.4 is 5.32 Å². The largest absolute Gasteiger partial charge is 0.519 e. The first kappa shape index (κ1) is 28.6. The molecule has 7 nitrogen and oxygen atoms in total. The van der Waals surface area contributed by atoms with Gasteiger partial charge in [0.1, 0.15) is 6.04 Å². The molecule has 30 heavy (non-hydrogen) atoms. The lowest BCUT2D eigenvalue weighted by atomic mass is 10.1. The predicted molar refractivity (Wildman–Crippen MR) is 124 cm³/mol. The summed E-state index contributed by atoms with van der Waals surface area (Å²) in [7, 11) is -4.52. The Morgan fingerprint density at radius 3 is 1.77 bits per heavy atom. The highest BCUT2D eigenvalue weighted by Crippen LogP contribution is 2.37. The SMILES string of the molecule is CCOC(=O)NC(CCCC(=O)O[Si](C)(C)C(C)(C)C)C(=O)O[Si](C)(C)C(C)(C)C. The molecule has 0 aromatic carbocycles. The van der Waals surface area contributed by atoms with E-state index in [-0.39, 0.29) is 35.5 Å². The molecule has 1 N–H and O–H groups in total. The van der Waals surface area contributed by atoms with Crippen LogP contribution in [-0.4, -0.2) is 47.3 Å². The Bertz CT molecular complexity index is 606. The minimum absolute atomic E-state index is 0.0658. The smallest absolute Gasteiger partial charge is 0.407 e. The summed E-state index contributed by atoms with van der Waals surface area (Å²) in [6, 6.07) is -0.862. The molecule has 0 spiro atoms. The lowest BCUT2D eigenvalue weighted by Crippen LogP contribution is -2.49. The van der Waals surface area contributed by atoms with Gasteiger partial charge in [0.15, 0.2) is 0 Å². The summed E-state index contributed by atoms with van der Waals surface area (Å²) in [6.07, 6.45) is 0.190. The quantitative estimate of drug-likeness (QED) is 0.464. The van der Waals surface area contributed by atoms with E-state index in [1.807, 2.05) is 47.0 Å². The topological polar surface area (TPSA) is 90.9 Å². The van der Waals surface area contributed by atoms with E-state index in [2.05, 4.69) is 26.1 Å². The van der Waals surface area contributed by atoms with Crippen molar-refractivity contribution in [3.05, 3.63) is 0 Å². The Hall–Kier alpha value is -1.36. The monoisotopic (exact) mass is 461 g/mol. The van der Waals surface area contributed by atoms with E-state index in [0.717, 1.165) is 0 Å². The fourth-order valence-electron chi connectivity index (χ4n) is 1.98. The van der Waals surface area contributed by atoms with Crippen LogP contribution in [0.3, 0.4) is 0 Å². The van der Waals surface area contributed by atoms with Crippen LogP contribution in [0.2, 0.25) is 36.3 Å². The van der Waals surface area contributed by atoms with Gasteiger partial charge in [-0.2, -0.15) is 0 Å². The minimum atomic E-state index is -2.34. The number of ether oxygens (including phenoxy) is 1. The molecule has 0 aliphatic carbocycles. The summed E-state index contributed by atoms with van der Waals surface area (Å²) in [5, 5.41) is 2.37. The molecule has 0 fully saturated rings. The third kappa shape index (κ3) is 9.20. The van der Waals surface area contributed by atoms with Crippen LogP contribution in [0.15, 0.2) is 0 Å². The molecular weight excluding hydrogens is 418 g/mol. The molecule has 0 aliphatic rings. The van der Waals surface area contributed by atoms with Crippen molar-refractivity contribution in [2.45, 2.75) is 110 Å². The molecule has 9 heteroatoms. The van der Waals surface area contributed by atoms with Gasteiger partial charge < -0.3 is 18.9 Å². The van der Waals surface area contributed by atoms with E-state index in [0.29, 0.717) is 6.42 Å². The highest BCUT2D eigenvalue weighted by Gasteiger charge is 2.42. The van der Waals surface area contributed by atoms with Crippen molar-refractivity contribution in [1.29, 1.82) is 0 Å². The average molecular weight is 462 g/mol. The maximum atomic E-state index is 12.8. The van der Waals surface area contributed by atoms with E-state index < -0.39 is 34.7 Å². The maximum Gasteiger partial charge on any atom is 0.407 e. The fraction of sp³-hybridized carbons (Fsp3) is 0.857. The van der Waals surface area contributed by atoms with E-state index >= 15 is 0 Å². The average Bonchev–Trinajstić information content (AvgIpc) is 2.50. The molecular formula is C21H43NO6Si2. The third-order valence-corrected chi connectivity index (χ3v) is 14.7. The van der Waals surface area contributed by atoms with Gasteiger partial charge in [-0.25, -0.2) is 4.79 Å². The van der Waals surface area contributed by atoms with Crippen molar-refractivity contribution < 1.29 is 28.0 Å². The molecule has 0 aliphatic heterocycles. The normalized spacial score (nSPS) is 14.0. The molecule has 1 amide bonds. The van der Waals surface area contributed by atoms with Gasteiger partial charge in [0, 0.05) is 6.42 Å². The molecule has 1 unspecified atom stereocenters. The predicted octanol–water partition coefficient (Wildman–Crippen LogP) is 5.37. The maximum absolute atomic E-state index is 12.8. The molecule has 0 saturated carbocycles. The van der Waals surface area contributed by atoms with Gasteiger partial charge >= 0.3 is 12.1 Å². The van der Waals surface area contributed by atoms with Gasteiger partial charge in [0.05, 0.1) is 6.61 Å². The first-order chi connectivity index (χ1) is 13.3. The molecule has 0 bridgehead atoms. The van der Waals surface area contributed by atoms with Crippen LogP contribution in [0.1, 0.15) is 67.7 Å². The van der Waals surface area contributed by atoms with Crippen LogP contribution in [0.4, 0.5) is 4.79 Å². The molecule has 0 rings (SSSR count). The second-order valence-electron chi connectivity index (χ2n) is 10.7. The standard InChI is InChI=1S/C21H43NO6Si2/c1-12-26-19(25)22-16(18(24)28-30(10,11)21(5,6)7)14-13-15-17(23)27-29(8,9)20(2,3)4/h16H,12-15H2,1-11H3,(H,22,25). The number of carbonyl (C=O) groups is 3. The highest BCUT2D eigenvalue weighted by atomic mass is 28.4. The van der Waals surface area contributed by atoms with Gasteiger partial charge in [-0.15, -0.1) is 0 Å². The van der Waals surface area contributed by atoms with Gasteiger partial charge in [-0.1, -0.05) is 41.5 Å². The molecule has 0 aromatic heterocycles. The number of hydrogen-bond acceptors (Lipinski definition) is 6. The van der Waals surface area contributed by atoms with Gasteiger partial charge in [-0.3, -0.25) is 9.59 Å². The van der Waals surface area contributed by atoms with Crippen molar-refractivity contribution in [1.82, 2.24) is 5.32 Å². The van der Waals surface area contributed by atoms with E-state index in [9.17, 15) is 14.4 Å². The summed E-state index contributed by atoms with van der Waals surface area (Å²) in [6.45, 7) is 22.2. The van der Waals surface area contributed by atoms with E-state index in [4.69, 9.17) is 13.6 Å². The highest BCUT2D eigenvalue weighted by molar-refractivity contribution is 6.75. The van der Waals surface area contributed by atoms with Crippen LogP contribution in [0, 0.1) is 0 Å². The zero-order valence-electron chi connectivity index (χ0n) is 20.9. The van der Waals surface area contributed by atoms with Crippen molar-refractivity contribution in [3.63, 3.8) is 0 Å². The third-order valence-electron chi connectivity index (χ3n) is 6.06. The lowest BCUT2D eigenvalue weighted by Gasteiger charge is -2.36. The molecule has 0 heterocycles. The number of amides is 1. The molecule has 1 atom stereocenters. The van der Waals surface area contributed by atoms with Gasteiger partial charge in [0.2, 0.25) is 0 Å². The Morgan fingerprint density at radius 2 is 1.33 bits per heavy atom. The molecule has 0 radical (unpaired) electrons. The van der Waals surface area contributed by atoms with Crippen molar-refractivity contribution in [2.24, 2.45) is 0 Å². The van der Waals surface area contributed by atoms with Crippen LogP contribution in [0.25, 0.3) is 0 Å². The van der Waals surface area contributed by atoms with Crippen molar-refractivity contribution in [2.75, 3.05) is 6.61 Å². The molecule has 0 saturated heterocycles. The van der Waals surface area contributed by atoms with E-state index in [1.54, 1.807) is 6.92 Å².